The molecule has 7 nitrogen and oxygen atoms in total. The average Bonchev–Trinajstić information content (AvgIpc) is 2.79. The number of aromatic nitrogens is 2. The second-order valence-corrected chi connectivity index (χ2v) is 11.2. The summed E-state index contributed by atoms with van der Waals surface area (Å²) in [5.74, 6) is -3.25. The molecule has 0 aliphatic heterocycles. The second kappa shape index (κ2) is 10.6. The third kappa shape index (κ3) is 5.53. The number of hydrogen-bond donors (Lipinski definition) is 0. The van der Waals surface area contributed by atoms with Crippen LogP contribution in [0.25, 0.3) is 5.69 Å². The van der Waals surface area contributed by atoms with E-state index in [0.717, 1.165) is 35.4 Å². The lowest BCUT2D eigenvalue weighted by Crippen LogP contribution is -2.24. The smallest absolute Gasteiger partial charge is 0.341 e. The van der Waals surface area contributed by atoms with Crippen molar-refractivity contribution in [3.63, 3.8) is 0 Å². The van der Waals surface area contributed by atoms with Gasteiger partial charge in [-0.05, 0) is 53.5 Å². The van der Waals surface area contributed by atoms with Crippen LogP contribution in [-0.2, 0) is 10.1 Å². The van der Waals surface area contributed by atoms with Crippen LogP contribution in [0, 0.1) is 18.6 Å². The quantitative estimate of drug-likeness (QED) is 0.331. The summed E-state index contributed by atoms with van der Waals surface area (Å²) in [4.78, 5) is 17.1. The van der Waals surface area contributed by atoms with E-state index >= 15 is 0 Å². The Hall–Kier alpha value is -3.27. The zero-order valence-electron chi connectivity index (χ0n) is 22.2. The lowest BCUT2D eigenvalue weighted by Gasteiger charge is -2.22. The molecular formula is C27H32F2N2O5S. The Kier molecular flexibility index (Phi) is 8.12. The number of nitrogens with zero attached hydrogens (tertiary/aromatic N) is 2. The van der Waals surface area contributed by atoms with Gasteiger partial charge in [0.05, 0.1) is 18.9 Å². The molecule has 0 bridgehead atoms. The standard InChI is InChI=1S/C27H32F2N2O5S/c1-14(2)18-11-19(15(3)4)27(20(12-18)16(5)6)37(33,34)36-23-13-24(32)31(17(7)30-23)22-10-9-21(28)26(35-8)25(22)29/h9-16H,1-8H3. The van der Waals surface area contributed by atoms with Gasteiger partial charge in [0.15, 0.2) is 17.4 Å². The highest BCUT2D eigenvalue weighted by Gasteiger charge is 2.30. The first-order valence-corrected chi connectivity index (χ1v) is 13.4. The lowest BCUT2D eigenvalue weighted by molar-refractivity contribution is 0.359. The molecule has 0 unspecified atom stereocenters. The summed E-state index contributed by atoms with van der Waals surface area (Å²) in [5.41, 5.74) is 1.13. The molecule has 10 heteroatoms. The topological polar surface area (TPSA) is 87.5 Å². The SMILES string of the molecule is COc1c(F)ccc(-n2c(C)nc(OS(=O)(=O)c3c(C(C)C)cc(C(C)C)cc3C(C)C)cc2=O)c1F. The van der Waals surface area contributed by atoms with Crippen molar-refractivity contribution in [1.29, 1.82) is 0 Å². The maximum atomic E-state index is 14.8. The largest absolute Gasteiger partial charge is 0.491 e. The van der Waals surface area contributed by atoms with Crippen LogP contribution in [0.15, 0.2) is 40.0 Å². The third-order valence-corrected chi connectivity index (χ3v) is 7.42. The molecule has 0 saturated carbocycles. The van der Waals surface area contributed by atoms with Gasteiger partial charge >= 0.3 is 10.1 Å². The van der Waals surface area contributed by atoms with Crippen LogP contribution in [-0.4, -0.2) is 25.1 Å². The van der Waals surface area contributed by atoms with Crippen molar-refractivity contribution in [2.75, 3.05) is 7.11 Å². The predicted molar refractivity (Wildman–Crippen MR) is 138 cm³/mol. The fourth-order valence-corrected chi connectivity index (χ4v) is 5.68. The molecular weight excluding hydrogens is 502 g/mol. The Morgan fingerprint density at radius 1 is 0.919 bits per heavy atom. The maximum Gasteiger partial charge on any atom is 0.341 e. The van der Waals surface area contributed by atoms with E-state index in [1.54, 1.807) is 0 Å². The highest BCUT2D eigenvalue weighted by atomic mass is 32.2. The van der Waals surface area contributed by atoms with Crippen LogP contribution in [0.4, 0.5) is 8.78 Å². The zero-order valence-corrected chi connectivity index (χ0v) is 23.0. The summed E-state index contributed by atoms with van der Waals surface area (Å²) in [6.07, 6.45) is 0. The second-order valence-electron chi connectivity index (χ2n) is 9.76. The number of halogens is 2. The molecule has 0 fully saturated rings. The summed E-state index contributed by atoms with van der Waals surface area (Å²) in [7, 11) is -3.29. The van der Waals surface area contributed by atoms with E-state index in [0.29, 0.717) is 11.1 Å². The normalized spacial score (nSPS) is 12.0. The molecule has 3 rings (SSSR count). The fraction of sp³-hybridized carbons (Fsp3) is 0.407. The summed E-state index contributed by atoms with van der Waals surface area (Å²) in [6.45, 7) is 13.1. The summed E-state index contributed by atoms with van der Waals surface area (Å²) >= 11 is 0. The van der Waals surface area contributed by atoms with Crippen molar-refractivity contribution >= 4 is 10.1 Å². The first kappa shape index (κ1) is 28.3. The van der Waals surface area contributed by atoms with Crippen LogP contribution in [0.5, 0.6) is 11.6 Å². The van der Waals surface area contributed by atoms with Gasteiger partial charge in [-0.1, -0.05) is 53.7 Å². The summed E-state index contributed by atoms with van der Waals surface area (Å²) in [6, 6.07) is 6.63. The number of ether oxygens (including phenoxy) is 1. The maximum absolute atomic E-state index is 14.8. The Morgan fingerprint density at radius 2 is 1.49 bits per heavy atom. The van der Waals surface area contributed by atoms with E-state index in [2.05, 4.69) is 4.98 Å². The van der Waals surface area contributed by atoms with Gasteiger partial charge in [-0.3, -0.25) is 9.36 Å². The molecule has 200 valence electrons. The highest BCUT2D eigenvalue weighted by molar-refractivity contribution is 7.87. The first-order chi connectivity index (χ1) is 17.2. The van der Waals surface area contributed by atoms with Gasteiger partial charge in [0.1, 0.15) is 10.7 Å². The van der Waals surface area contributed by atoms with Gasteiger partial charge in [-0.2, -0.15) is 13.4 Å². The van der Waals surface area contributed by atoms with Gasteiger partial charge < -0.3 is 8.92 Å². The van der Waals surface area contributed by atoms with Gasteiger partial charge in [0.25, 0.3) is 5.56 Å². The molecule has 0 aliphatic rings. The summed E-state index contributed by atoms with van der Waals surface area (Å²) < 4.78 is 66.9. The molecule has 0 amide bonds. The Bertz CT molecular complexity index is 1470. The molecule has 1 aromatic heterocycles. The Balaban J connectivity index is 2.15. The zero-order chi connectivity index (χ0) is 27.8. The van der Waals surface area contributed by atoms with E-state index in [1.807, 2.05) is 53.7 Å². The van der Waals surface area contributed by atoms with Crippen LogP contribution in [0.1, 0.15) is 81.8 Å². The van der Waals surface area contributed by atoms with Gasteiger partial charge in [-0.15, -0.1) is 0 Å². The minimum absolute atomic E-state index is 0.0554. The molecule has 1 heterocycles. The van der Waals surface area contributed by atoms with Crippen molar-refractivity contribution in [2.45, 2.75) is 71.1 Å². The molecule has 0 N–H and O–H groups in total. The number of benzene rings is 2. The fourth-order valence-electron chi connectivity index (χ4n) is 4.12. The lowest BCUT2D eigenvalue weighted by atomic mass is 9.89. The van der Waals surface area contributed by atoms with E-state index in [9.17, 15) is 22.0 Å². The predicted octanol–water partition coefficient (Wildman–Crippen LogP) is 5.97. The molecule has 0 radical (unpaired) electrons. The van der Waals surface area contributed by atoms with Crippen LogP contribution < -0.4 is 14.5 Å². The van der Waals surface area contributed by atoms with Crippen molar-refractivity contribution in [3.05, 3.63) is 74.8 Å². The third-order valence-electron chi connectivity index (χ3n) is 6.06. The van der Waals surface area contributed by atoms with Gasteiger partial charge in [0.2, 0.25) is 5.88 Å². The minimum atomic E-state index is -4.40. The van der Waals surface area contributed by atoms with Crippen molar-refractivity contribution in [1.82, 2.24) is 9.55 Å². The van der Waals surface area contributed by atoms with E-state index < -0.39 is 38.9 Å². The number of hydrogen-bond acceptors (Lipinski definition) is 6. The van der Waals surface area contributed by atoms with Crippen LogP contribution >= 0.6 is 0 Å². The molecule has 3 aromatic rings. The molecule has 0 saturated heterocycles. The molecule has 0 atom stereocenters. The first-order valence-electron chi connectivity index (χ1n) is 11.9. The molecule has 2 aromatic carbocycles. The van der Waals surface area contributed by atoms with Crippen molar-refractivity contribution in [3.8, 4) is 17.3 Å². The average molecular weight is 535 g/mol. The van der Waals surface area contributed by atoms with Crippen LogP contribution in [0.3, 0.4) is 0 Å². The Labute approximate surface area is 216 Å². The van der Waals surface area contributed by atoms with E-state index in [-0.39, 0.29) is 34.2 Å². The number of aryl methyl sites for hydroxylation is 1. The Morgan fingerprint density at radius 3 is 1.95 bits per heavy atom. The molecule has 0 spiro atoms. The minimum Gasteiger partial charge on any atom is -0.491 e. The van der Waals surface area contributed by atoms with Gasteiger partial charge in [-0.25, -0.2) is 8.78 Å². The monoisotopic (exact) mass is 534 g/mol. The van der Waals surface area contributed by atoms with E-state index in [1.165, 1.54) is 6.92 Å². The van der Waals surface area contributed by atoms with Crippen molar-refractivity contribution < 1.29 is 26.1 Å². The van der Waals surface area contributed by atoms with E-state index in [4.69, 9.17) is 8.92 Å². The van der Waals surface area contributed by atoms with Crippen molar-refractivity contribution in [2.24, 2.45) is 0 Å². The van der Waals surface area contributed by atoms with Gasteiger partial charge in [0, 0.05) is 0 Å². The summed E-state index contributed by atoms with van der Waals surface area (Å²) in [5, 5.41) is 0. The molecule has 37 heavy (non-hydrogen) atoms. The highest BCUT2D eigenvalue weighted by Crippen LogP contribution is 2.36. The van der Waals surface area contributed by atoms with Crippen LogP contribution in [0.2, 0.25) is 0 Å². The number of methoxy groups -OCH3 is 1. The molecule has 0 aliphatic carbocycles. The number of rotatable bonds is 8.